The molecule has 1 radical (unpaired) electrons. The van der Waals surface area contributed by atoms with E-state index in [-0.39, 0.29) is 46.7 Å². The molecule has 0 aromatic carbocycles. The maximum absolute atomic E-state index is 10.9. The molecule has 1 unspecified atom stereocenters. The Morgan fingerprint density at radius 2 is 2.00 bits per heavy atom. The van der Waals surface area contributed by atoms with Crippen LogP contribution < -0.4 is 10.2 Å². The minimum absolute atomic E-state index is 0. The summed E-state index contributed by atoms with van der Waals surface area (Å²) in [6.45, 7) is 6.12. The average molecular weight is 269 g/mol. The van der Waals surface area contributed by atoms with E-state index in [2.05, 4.69) is 17.1 Å². The second-order valence-corrected chi connectivity index (χ2v) is 3.68. The van der Waals surface area contributed by atoms with Gasteiger partial charge in [0.25, 0.3) is 0 Å². The Morgan fingerprint density at radius 1 is 1.50 bits per heavy atom. The Balaban J connectivity index is -0.000000405. The molecule has 3 N–H and O–H groups in total. The fraction of sp³-hybridized carbons (Fsp3) is 0.667. The number of hydrogen-bond acceptors (Lipinski definition) is 1. The summed E-state index contributed by atoms with van der Waals surface area (Å²) in [5, 5.41) is 4.82. The van der Waals surface area contributed by atoms with Gasteiger partial charge in [-0.1, -0.05) is 6.92 Å². The van der Waals surface area contributed by atoms with Crippen molar-refractivity contribution in [1.82, 2.24) is 10.2 Å². The first-order chi connectivity index (χ1) is 4.62. The van der Waals surface area contributed by atoms with Gasteiger partial charge < -0.3 is 11.8 Å². The molecule has 0 spiro atoms. The Kier molecular flexibility index (Phi) is 15.9. The molecule has 6 heteroatoms. The number of rotatable bonds is 5. The topological polar surface area (TPSA) is 61.4 Å². The Morgan fingerprint density at radius 3 is 2.33 bits per heavy atom. The Hall–Kier alpha value is 1.08. The van der Waals surface area contributed by atoms with Crippen molar-refractivity contribution in [3.63, 3.8) is 0 Å². The van der Waals surface area contributed by atoms with Crippen LogP contribution in [0.15, 0.2) is 0 Å². The maximum atomic E-state index is 10.9. The second kappa shape index (κ2) is 10.2. The summed E-state index contributed by atoms with van der Waals surface area (Å²) >= 11 is 0. The van der Waals surface area contributed by atoms with Crippen molar-refractivity contribution in [3.05, 3.63) is 14.4 Å². The minimum Gasteiger partial charge on any atom is -0.329 e. The standard InChI is InChI=1S/C5H14N2O2P.CH3.Y/c1-3-5-7-10(8,9)6-4-2;;/h2-5H2,1H3,(H3,6,7,8,9);1H3;/q-1;+1;. The largest absolute Gasteiger partial charge is 0.335 e. The van der Waals surface area contributed by atoms with E-state index >= 15 is 0 Å². The first-order valence-electron chi connectivity index (χ1n) is 3.24. The van der Waals surface area contributed by atoms with Crippen molar-refractivity contribution in [2.45, 2.75) is 13.3 Å². The summed E-state index contributed by atoms with van der Waals surface area (Å²) in [5.74, 6) is 0. The van der Waals surface area contributed by atoms with Gasteiger partial charge in [0.05, 0.1) is 0 Å². The van der Waals surface area contributed by atoms with E-state index in [4.69, 9.17) is 4.89 Å². The fourth-order valence-corrected chi connectivity index (χ4v) is 1.41. The smallest absolute Gasteiger partial charge is 0.329 e. The summed E-state index contributed by atoms with van der Waals surface area (Å²) in [4.78, 5) is 8.94. The van der Waals surface area contributed by atoms with Crippen molar-refractivity contribution in [2.75, 3.05) is 13.1 Å². The third kappa shape index (κ3) is 11.1. The molecular weight excluding hydrogens is 252 g/mol. The van der Waals surface area contributed by atoms with Gasteiger partial charge in [0.1, 0.15) is 0 Å². The molecule has 0 aliphatic heterocycles. The van der Waals surface area contributed by atoms with E-state index in [1.807, 2.05) is 6.92 Å². The Labute approximate surface area is 100 Å². The van der Waals surface area contributed by atoms with Crippen molar-refractivity contribution >= 4 is 7.67 Å². The molecule has 12 heavy (non-hydrogen) atoms. The molecule has 0 amide bonds. The van der Waals surface area contributed by atoms with E-state index < -0.39 is 7.67 Å². The van der Waals surface area contributed by atoms with Crippen LogP contribution in [0.5, 0.6) is 0 Å². The van der Waals surface area contributed by atoms with Crippen molar-refractivity contribution in [1.29, 1.82) is 0 Å². The Bertz CT molecular complexity index is 135. The van der Waals surface area contributed by atoms with Gasteiger partial charge in [0, 0.05) is 46.7 Å². The molecule has 0 aliphatic carbocycles. The van der Waals surface area contributed by atoms with E-state index in [0.717, 1.165) is 6.42 Å². The van der Waals surface area contributed by atoms with Crippen LogP contribution in [0.4, 0.5) is 0 Å². The molecule has 0 rings (SSSR count). The zero-order chi connectivity index (χ0) is 8.04. The summed E-state index contributed by atoms with van der Waals surface area (Å²) in [6, 6.07) is 0. The number of nitrogens with one attached hydrogen (secondary N) is 2. The SMILES string of the molecule is [CH2-]CNP(=O)(O)NCCC.[CH3+].[Y]. The predicted molar refractivity (Wildman–Crippen MR) is 47.9 cm³/mol. The van der Waals surface area contributed by atoms with Crippen molar-refractivity contribution in [3.8, 4) is 0 Å². The molecule has 0 aromatic heterocycles. The zero-order valence-electron chi connectivity index (χ0n) is 7.71. The molecule has 0 heterocycles. The summed E-state index contributed by atoms with van der Waals surface area (Å²) in [6.07, 6.45) is 0.837. The monoisotopic (exact) mass is 269 g/mol. The van der Waals surface area contributed by atoms with E-state index in [1.54, 1.807) is 0 Å². The van der Waals surface area contributed by atoms with Gasteiger partial charge in [-0.05, 0) is 6.42 Å². The molecule has 0 aliphatic rings. The van der Waals surface area contributed by atoms with Gasteiger partial charge in [-0.25, -0.2) is 5.09 Å². The summed E-state index contributed by atoms with van der Waals surface area (Å²) in [7, 11) is -3.27. The zero-order valence-corrected chi connectivity index (χ0v) is 11.4. The van der Waals surface area contributed by atoms with E-state index in [0.29, 0.717) is 6.54 Å². The second-order valence-electron chi connectivity index (χ2n) is 1.89. The van der Waals surface area contributed by atoms with Gasteiger partial charge in [0.2, 0.25) is 0 Å². The molecule has 1 atom stereocenters. The molecule has 0 saturated carbocycles. The average Bonchev–Trinajstić information content (AvgIpc) is 1.84. The molecule has 71 valence electrons. The minimum atomic E-state index is -3.27. The van der Waals surface area contributed by atoms with Gasteiger partial charge in [-0.3, -0.25) is 9.65 Å². The first-order valence-corrected chi connectivity index (χ1v) is 4.90. The maximum Gasteiger partial charge on any atom is 0.335 e. The van der Waals surface area contributed by atoms with E-state index in [1.165, 1.54) is 0 Å². The van der Waals surface area contributed by atoms with Gasteiger partial charge >= 0.3 is 7.67 Å². The van der Waals surface area contributed by atoms with Crippen LogP contribution in [-0.4, -0.2) is 18.0 Å². The molecule has 0 saturated heterocycles. The quantitative estimate of drug-likeness (QED) is 0.514. The first kappa shape index (κ1) is 18.8. The van der Waals surface area contributed by atoms with Crippen molar-refractivity contribution in [2.24, 2.45) is 0 Å². The van der Waals surface area contributed by atoms with Gasteiger partial charge in [-0.2, -0.15) is 0 Å². The third-order valence-corrected chi connectivity index (χ3v) is 2.21. The van der Waals surface area contributed by atoms with Crippen LogP contribution in [0.2, 0.25) is 0 Å². The fourth-order valence-electron chi connectivity index (χ4n) is 0.471. The van der Waals surface area contributed by atoms with Crippen molar-refractivity contribution < 1.29 is 42.2 Å². The van der Waals surface area contributed by atoms with Gasteiger partial charge in [0.15, 0.2) is 0 Å². The molecule has 4 nitrogen and oxygen atoms in total. The third-order valence-electron chi connectivity index (χ3n) is 0.902. The van der Waals surface area contributed by atoms with Gasteiger partial charge in [-0.15, -0.1) is 6.54 Å². The van der Waals surface area contributed by atoms with Crippen LogP contribution in [0.25, 0.3) is 0 Å². The molecule has 0 bridgehead atoms. The normalized spacial score (nSPS) is 13.9. The van der Waals surface area contributed by atoms with E-state index in [9.17, 15) is 4.57 Å². The summed E-state index contributed by atoms with van der Waals surface area (Å²) in [5.41, 5.74) is 0. The van der Waals surface area contributed by atoms with Crippen LogP contribution in [0.3, 0.4) is 0 Å². The summed E-state index contributed by atoms with van der Waals surface area (Å²) < 4.78 is 10.9. The predicted octanol–water partition coefficient (Wildman–Crippen LogP) is 0.958. The van der Waals surface area contributed by atoms with Crippen LogP contribution in [-0.2, 0) is 37.3 Å². The van der Waals surface area contributed by atoms with Crippen LogP contribution in [0, 0.1) is 14.4 Å². The van der Waals surface area contributed by atoms with Crippen LogP contribution >= 0.6 is 7.67 Å². The molecule has 0 fully saturated rings. The molecule has 0 aromatic rings. The van der Waals surface area contributed by atoms with Crippen LogP contribution in [0.1, 0.15) is 13.3 Å². The molecular formula is C6H17N2O2PY. The number of hydrogen-bond donors (Lipinski definition) is 3.